The molecule has 4 rings (SSSR count). The molecule has 0 saturated carbocycles. The van der Waals surface area contributed by atoms with E-state index in [2.05, 4.69) is 4.99 Å². The first kappa shape index (κ1) is 19.4. The van der Waals surface area contributed by atoms with Crippen LogP contribution in [-0.4, -0.2) is 17.8 Å². The van der Waals surface area contributed by atoms with Crippen molar-refractivity contribution in [2.75, 3.05) is 0 Å². The second-order valence-electron chi connectivity index (χ2n) is 6.16. The number of para-hydroxylation sites is 1. The topological polar surface area (TPSA) is 78.1 Å². The lowest BCUT2D eigenvalue weighted by Gasteiger charge is -2.05. The lowest BCUT2D eigenvalue weighted by Crippen LogP contribution is -2.05. The van der Waals surface area contributed by atoms with Gasteiger partial charge < -0.3 is 13.9 Å². The van der Waals surface area contributed by atoms with Crippen LogP contribution in [0.5, 0.6) is 5.75 Å². The first-order valence-electron chi connectivity index (χ1n) is 8.89. The van der Waals surface area contributed by atoms with Crippen LogP contribution in [0, 0.1) is 0 Å². The first-order valence-corrected chi connectivity index (χ1v) is 9.27. The molecule has 7 heteroatoms. The van der Waals surface area contributed by atoms with E-state index in [1.807, 2.05) is 0 Å². The van der Waals surface area contributed by atoms with E-state index in [4.69, 9.17) is 25.5 Å². The first-order chi connectivity index (χ1) is 14.6. The monoisotopic (exact) mass is 419 g/mol. The lowest BCUT2D eigenvalue weighted by molar-refractivity contribution is -0.130. The maximum Gasteiger partial charge on any atom is 0.363 e. The number of halogens is 1. The number of rotatable bonds is 5. The number of benzene rings is 2. The van der Waals surface area contributed by atoms with Gasteiger partial charge in [0.25, 0.3) is 5.90 Å². The van der Waals surface area contributed by atoms with Crippen LogP contribution in [0.1, 0.15) is 16.9 Å². The minimum atomic E-state index is -0.620. The molecule has 0 N–H and O–H groups in total. The summed E-state index contributed by atoms with van der Waals surface area (Å²) in [7, 11) is 0. The van der Waals surface area contributed by atoms with Gasteiger partial charge in [0.1, 0.15) is 5.75 Å². The zero-order valence-corrected chi connectivity index (χ0v) is 16.2. The summed E-state index contributed by atoms with van der Waals surface area (Å²) in [5, 5.41) is 0.611. The van der Waals surface area contributed by atoms with Crippen LogP contribution in [0.25, 0.3) is 12.2 Å². The molecule has 2 aromatic carbocycles. The Morgan fingerprint density at radius 1 is 1.03 bits per heavy atom. The molecule has 1 aliphatic heterocycles. The number of aliphatic imine (C=N–C) groups is 1. The predicted molar refractivity (Wildman–Crippen MR) is 112 cm³/mol. The maximum absolute atomic E-state index is 12.2. The highest BCUT2D eigenvalue weighted by molar-refractivity contribution is 6.30. The molecule has 1 aromatic heterocycles. The standard InChI is InChI=1S/C23H14ClNO5/c24-17-10-7-15(8-11-17)9-12-21(26)29-19-5-2-1-4-16(19)14-18-23(27)30-22(25-18)20-6-3-13-28-20/h1-14H/b12-9+,18-14+. The Bertz CT molecular complexity index is 1170. The molecule has 0 unspecified atom stereocenters. The maximum atomic E-state index is 12.2. The number of cyclic esters (lactones) is 1. The summed E-state index contributed by atoms with van der Waals surface area (Å²) in [6, 6.07) is 17.1. The minimum Gasteiger partial charge on any atom is -0.459 e. The van der Waals surface area contributed by atoms with Crippen molar-refractivity contribution in [2.45, 2.75) is 0 Å². The van der Waals surface area contributed by atoms with Crippen LogP contribution in [0.3, 0.4) is 0 Å². The van der Waals surface area contributed by atoms with Crippen LogP contribution in [0.4, 0.5) is 0 Å². The van der Waals surface area contributed by atoms with Crippen molar-refractivity contribution in [3.63, 3.8) is 0 Å². The van der Waals surface area contributed by atoms with E-state index < -0.39 is 11.9 Å². The number of carbonyl (C=O) groups is 2. The Balaban J connectivity index is 1.53. The van der Waals surface area contributed by atoms with Crippen molar-refractivity contribution in [1.82, 2.24) is 0 Å². The lowest BCUT2D eigenvalue weighted by atomic mass is 10.1. The Morgan fingerprint density at radius 2 is 1.83 bits per heavy atom. The van der Waals surface area contributed by atoms with E-state index in [0.717, 1.165) is 5.56 Å². The van der Waals surface area contributed by atoms with E-state index >= 15 is 0 Å². The fourth-order valence-electron chi connectivity index (χ4n) is 2.64. The van der Waals surface area contributed by atoms with Crippen LogP contribution in [0.15, 0.2) is 88.1 Å². The van der Waals surface area contributed by atoms with Crippen molar-refractivity contribution in [2.24, 2.45) is 4.99 Å². The van der Waals surface area contributed by atoms with Crippen molar-refractivity contribution >= 4 is 41.6 Å². The number of furan rings is 1. The molecule has 0 spiro atoms. The van der Waals surface area contributed by atoms with E-state index in [-0.39, 0.29) is 17.3 Å². The molecule has 0 amide bonds. The molecule has 3 aromatic rings. The van der Waals surface area contributed by atoms with Gasteiger partial charge in [-0.05, 0) is 48.0 Å². The average molecular weight is 420 g/mol. The van der Waals surface area contributed by atoms with Crippen LogP contribution >= 0.6 is 11.6 Å². The second-order valence-corrected chi connectivity index (χ2v) is 6.59. The molecular weight excluding hydrogens is 406 g/mol. The zero-order valence-electron chi connectivity index (χ0n) is 15.4. The van der Waals surface area contributed by atoms with Gasteiger partial charge in [0.2, 0.25) is 0 Å². The Morgan fingerprint density at radius 3 is 2.60 bits per heavy atom. The molecule has 0 radical (unpaired) electrons. The Labute approximate surface area is 176 Å². The van der Waals surface area contributed by atoms with Gasteiger partial charge in [-0.15, -0.1) is 0 Å². The molecular formula is C23H14ClNO5. The highest BCUT2D eigenvalue weighted by Crippen LogP contribution is 2.25. The zero-order chi connectivity index (χ0) is 20.9. The third-order valence-electron chi connectivity index (χ3n) is 4.06. The van der Waals surface area contributed by atoms with E-state index in [1.54, 1.807) is 66.7 Å². The van der Waals surface area contributed by atoms with Gasteiger partial charge in [0.05, 0.1) is 6.26 Å². The average Bonchev–Trinajstić information content (AvgIpc) is 3.39. The predicted octanol–water partition coefficient (Wildman–Crippen LogP) is 4.90. The second kappa shape index (κ2) is 8.63. The third-order valence-corrected chi connectivity index (χ3v) is 4.31. The molecule has 2 heterocycles. The van der Waals surface area contributed by atoms with Crippen molar-refractivity contribution < 1.29 is 23.5 Å². The molecule has 0 atom stereocenters. The summed E-state index contributed by atoms with van der Waals surface area (Å²) < 4.78 is 15.7. The van der Waals surface area contributed by atoms with Crippen molar-refractivity contribution in [3.8, 4) is 5.75 Å². The highest BCUT2D eigenvalue weighted by Gasteiger charge is 2.26. The molecule has 6 nitrogen and oxygen atoms in total. The summed E-state index contributed by atoms with van der Waals surface area (Å²) in [6.45, 7) is 0. The van der Waals surface area contributed by atoms with E-state index in [1.165, 1.54) is 18.4 Å². The molecule has 0 saturated heterocycles. The quantitative estimate of drug-likeness (QED) is 0.334. The van der Waals surface area contributed by atoms with Crippen molar-refractivity contribution in [1.29, 1.82) is 0 Å². The molecule has 0 fully saturated rings. The SMILES string of the molecule is O=C(/C=C/c1ccc(Cl)cc1)Oc1ccccc1/C=C1/N=C(c2ccco2)OC1=O. The van der Waals surface area contributed by atoms with Gasteiger partial charge in [0.15, 0.2) is 11.5 Å². The molecule has 30 heavy (non-hydrogen) atoms. The molecule has 1 aliphatic rings. The summed E-state index contributed by atoms with van der Waals surface area (Å²) >= 11 is 5.85. The van der Waals surface area contributed by atoms with Crippen LogP contribution in [-0.2, 0) is 14.3 Å². The highest BCUT2D eigenvalue weighted by atomic mass is 35.5. The Kier molecular flexibility index (Phi) is 5.59. The van der Waals surface area contributed by atoms with E-state index in [9.17, 15) is 9.59 Å². The fourth-order valence-corrected chi connectivity index (χ4v) is 2.76. The van der Waals surface area contributed by atoms with E-state index in [0.29, 0.717) is 16.3 Å². The summed E-state index contributed by atoms with van der Waals surface area (Å²) in [5.41, 5.74) is 1.38. The molecule has 0 aliphatic carbocycles. The fraction of sp³-hybridized carbons (Fsp3) is 0. The molecule has 148 valence electrons. The number of nitrogens with zero attached hydrogens (tertiary/aromatic N) is 1. The number of ether oxygens (including phenoxy) is 2. The van der Waals surface area contributed by atoms with Gasteiger partial charge >= 0.3 is 11.9 Å². The largest absolute Gasteiger partial charge is 0.459 e. The van der Waals surface area contributed by atoms with Crippen molar-refractivity contribution in [3.05, 3.63) is 101 Å². The third kappa shape index (κ3) is 4.56. The van der Waals surface area contributed by atoms with Gasteiger partial charge in [-0.25, -0.2) is 14.6 Å². The van der Waals surface area contributed by atoms with Gasteiger partial charge in [-0.3, -0.25) is 0 Å². The van der Waals surface area contributed by atoms with Gasteiger partial charge in [0, 0.05) is 16.7 Å². The summed E-state index contributed by atoms with van der Waals surface area (Å²) in [6.07, 6.45) is 5.88. The van der Waals surface area contributed by atoms with Crippen LogP contribution in [0.2, 0.25) is 5.02 Å². The minimum absolute atomic E-state index is 0.0709. The molecule has 0 bridgehead atoms. The smallest absolute Gasteiger partial charge is 0.363 e. The number of carbonyl (C=O) groups excluding carboxylic acids is 2. The number of esters is 2. The summed E-state index contributed by atoms with van der Waals surface area (Å²) in [4.78, 5) is 28.5. The van der Waals surface area contributed by atoms with Gasteiger partial charge in [-0.1, -0.05) is 41.9 Å². The Hall–Kier alpha value is -3.90. The summed E-state index contributed by atoms with van der Waals surface area (Å²) in [5.74, 6) is -0.477. The van der Waals surface area contributed by atoms with Crippen LogP contribution < -0.4 is 4.74 Å². The number of hydrogen-bond acceptors (Lipinski definition) is 6. The number of hydrogen-bond donors (Lipinski definition) is 0. The normalized spacial score (nSPS) is 14.8. The van der Waals surface area contributed by atoms with Gasteiger partial charge in [-0.2, -0.15) is 0 Å².